The maximum atomic E-state index is 11.5. The number of rotatable bonds is 8. The van der Waals surface area contributed by atoms with E-state index in [9.17, 15) is 49.8 Å². The molecule has 0 heterocycles. The summed E-state index contributed by atoms with van der Waals surface area (Å²) in [6, 6.07) is 12.6. The fourth-order valence-corrected chi connectivity index (χ4v) is 3.56. The molecule has 2 atom stereocenters. The highest BCUT2D eigenvalue weighted by Gasteiger charge is 2.25. The Kier molecular flexibility index (Phi) is 6.76. The Hall–Kier alpha value is -4.54. The molecule has 0 bridgehead atoms. The van der Waals surface area contributed by atoms with Crippen LogP contribution in [0.3, 0.4) is 0 Å². The van der Waals surface area contributed by atoms with Crippen molar-refractivity contribution in [2.75, 3.05) is 0 Å². The molecule has 34 heavy (non-hydrogen) atoms. The number of aliphatic hydroxyl groups is 2. The number of aliphatic hydroxyl groups excluding tert-OH is 2. The van der Waals surface area contributed by atoms with E-state index in [2.05, 4.69) is 0 Å². The van der Waals surface area contributed by atoms with Gasteiger partial charge in [-0.1, -0.05) is 36.4 Å². The number of carbonyl (C=O) groups is 4. The van der Waals surface area contributed by atoms with Gasteiger partial charge < -0.3 is 30.6 Å². The second kappa shape index (κ2) is 9.53. The zero-order valence-electron chi connectivity index (χ0n) is 17.2. The van der Waals surface area contributed by atoms with Crippen LogP contribution in [-0.4, -0.2) is 54.5 Å². The van der Waals surface area contributed by atoms with Crippen molar-refractivity contribution in [1.82, 2.24) is 0 Å². The lowest BCUT2D eigenvalue weighted by atomic mass is 9.89. The molecule has 3 rings (SSSR count). The predicted octanol–water partition coefficient (Wildman–Crippen LogP) is 2.64. The van der Waals surface area contributed by atoms with Crippen LogP contribution in [0.2, 0.25) is 0 Å². The monoisotopic (exact) mass is 466 g/mol. The zero-order valence-corrected chi connectivity index (χ0v) is 17.2. The normalized spacial score (nSPS) is 12.5. The van der Waals surface area contributed by atoms with Crippen molar-refractivity contribution in [2.24, 2.45) is 0 Å². The molecule has 0 radical (unpaired) electrons. The number of aromatic carboxylic acids is 4. The number of hydrogen-bond donors (Lipinski definition) is 6. The lowest BCUT2D eigenvalue weighted by molar-refractivity contribution is 0.0651. The smallest absolute Gasteiger partial charge is 0.336 e. The van der Waals surface area contributed by atoms with Gasteiger partial charge in [-0.05, 0) is 46.5 Å². The van der Waals surface area contributed by atoms with Gasteiger partial charge in [0.05, 0.1) is 22.3 Å². The summed E-state index contributed by atoms with van der Waals surface area (Å²) in [6.45, 7) is 0. The third-order valence-corrected chi connectivity index (χ3v) is 5.23. The predicted molar refractivity (Wildman–Crippen MR) is 115 cm³/mol. The molecule has 2 unspecified atom stereocenters. The van der Waals surface area contributed by atoms with Crippen molar-refractivity contribution in [1.29, 1.82) is 0 Å². The van der Waals surface area contributed by atoms with E-state index in [1.54, 1.807) is 12.1 Å². The number of carboxylic acids is 4. The summed E-state index contributed by atoms with van der Waals surface area (Å²) < 4.78 is 0. The Bertz CT molecular complexity index is 1210. The summed E-state index contributed by atoms with van der Waals surface area (Å²) in [5.41, 5.74) is -1.59. The summed E-state index contributed by atoms with van der Waals surface area (Å²) in [7, 11) is 0. The zero-order chi connectivity index (χ0) is 25.2. The minimum atomic E-state index is -1.50. The summed E-state index contributed by atoms with van der Waals surface area (Å²) in [5.74, 6) is -5.90. The molecular weight excluding hydrogens is 448 g/mol. The Morgan fingerprint density at radius 1 is 0.500 bits per heavy atom. The van der Waals surface area contributed by atoms with Crippen LogP contribution in [0.15, 0.2) is 60.7 Å². The van der Waals surface area contributed by atoms with Gasteiger partial charge in [-0.25, -0.2) is 19.2 Å². The molecule has 3 aromatic rings. The van der Waals surface area contributed by atoms with Crippen LogP contribution in [0.1, 0.15) is 75.9 Å². The van der Waals surface area contributed by atoms with Crippen molar-refractivity contribution in [3.8, 4) is 0 Å². The molecule has 0 amide bonds. The van der Waals surface area contributed by atoms with Crippen molar-refractivity contribution in [3.05, 3.63) is 105 Å². The van der Waals surface area contributed by atoms with Crippen LogP contribution in [0.4, 0.5) is 0 Å². The van der Waals surface area contributed by atoms with Crippen molar-refractivity contribution >= 4 is 23.9 Å². The van der Waals surface area contributed by atoms with Gasteiger partial charge in [-0.2, -0.15) is 0 Å². The van der Waals surface area contributed by atoms with E-state index in [0.717, 1.165) is 24.3 Å². The Balaban J connectivity index is 2.07. The van der Waals surface area contributed by atoms with Gasteiger partial charge in [0.25, 0.3) is 0 Å². The molecule has 0 aliphatic carbocycles. The van der Waals surface area contributed by atoms with Crippen LogP contribution < -0.4 is 0 Å². The van der Waals surface area contributed by atoms with E-state index >= 15 is 0 Å². The molecule has 0 aliphatic heterocycles. The maximum absolute atomic E-state index is 11.5. The number of carboxylic acid groups (broad SMARTS) is 4. The molecule has 0 saturated heterocycles. The minimum absolute atomic E-state index is 0.0505. The Morgan fingerprint density at radius 3 is 1.12 bits per heavy atom. The summed E-state index contributed by atoms with van der Waals surface area (Å²) in [6.07, 6.45) is -2.94. The fourth-order valence-electron chi connectivity index (χ4n) is 3.56. The average Bonchev–Trinajstić information content (AvgIpc) is 2.82. The van der Waals surface area contributed by atoms with Crippen molar-refractivity contribution < 1.29 is 49.8 Å². The largest absolute Gasteiger partial charge is 0.478 e. The van der Waals surface area contributed by atoms with Gasteiger partial charge in [0.15, 0.2) is 0 Å². The van der Waals surface area contributed by atoms with Gasteiger partial charge in [0.2, 0.25) is 0 Å². The quantitative estimate of drug-likeness (QED) is 0.288. The first-order chi connectivity index (χ1) is 16.0. The second-order valence-electron chi connectivity index (χ2n) is 7.26. The molecule has 10 heteroatoms. The van der Waals surface area contributed by atoms with Gasteiger partial charge in [-0.3, -0.25) is 0 Å². The molecule has 10 nitrogen and oxygen atoms in total. The average molecular weight is 466 g/mol. The molecule has 0 aromatic heterocycles. The molecular formula is C24H18O10. The van der Waals surface area contributed by atoms with E-state index in [1.807, 2.05) is 0 Å². The first kappa shape index (κ1) is 24.1. The number of hydrogen-bond acceptors (Lipinski definition) is 6. The van der Waals surface area contributed by atoms with Crippen molar-refractivity contribution in [2.45, 2.75) is 12.2 Å². The Labute approximate surface area is 191 Å². The molecule has 0 fully saturated rings. The summed E-state index contributed by atoms with van der Waals surface area (Å²) >= 11 is 0. The van der Waals surface area contributed by atoms with Gasteiger partial charge in [0, 0.05) is 0 Å². The maximum Gasteiger partial charge on any atom is 0.336 e. The van der Waals surface area contributed by atoms with E-state index < -0.39 is 58.3 Å². The molecule has 3 aromatic carbocycles. The first-order valence-corrected chi connectivity index (χ1v) is 9.69. The van der Waals surface area contributed by atoms with E-state index in [4.69, 9.17) is 0 Å². The molecule has 6 N–H and O–H groups in total. The first-order valence-electron chi connectivity index (χ1n) is 9.69. The topological polar surface area (TPSA) is 190 Å². The second-order valence-corrected chi connectivity index (χ2v) is 7.26. The lowest BCUT2D eigenvalue weighted by Crippen LogP contribution is -2.13. The van der Waals surface area contributed by atoms with Crippen LogP contribution in [-0.2, 0) is 0 Å². The lowest BCUT2D eigenvalue weighted by Gasteiger charge is -2.21. The fraction of sp³-hybridized carbons (Fsp3) is 0.0833. The summed E-state index contributed by atoms with van der Waals surface area (Å²) in [4.78, 5) is 45.5. The third kappa shape index (κ3) is 4.63. The van der Waals surface area contributed by atoms with Crippen LogP contribution in [0, 0.1) is 0 Å². The summed E-state index contributed by atoms with van der Waals surface area (Å²) in [5, 5.41) is 58.9. The van der Waals surface area contributed by atoms with E-state index in [1.165, 1.54) is 24.3 Å². The highest BCUT2D eigenvalue weighted by atomic mass is 16.4. The molecule has 0 spiro atoms. The van der Waals surface area contributed by atoms with Gasteiger partial charge in [0.1, 0.15) is 12.2 Å². The SMILES string of the molecule is O=C(O)c1ccc(C(O)c2ccccc2C(O)c2ccc(C(=O)O)c(C(=O)O)c2)cc1C(=O)O. The minimum Gasteiger partial charge on any atom is -0.478 e. The highest BCUT2D eigenvalue weighted by Crippen LogP contribution is 2.33. The van der Waals surface area contributed by atoms with Gasteiger partial charge in [-0.15, -0.1) is 0 Å². The van der Waals surface area contributed by atoms with E-state index in [-0.39, 0.29) is 22.3 Å². The van der Waals surface area contributed by atoms with Crippen LogP contribution >= 0.6 is 0 Å². The highest BCUT2D eigenvalue weighted by molar-refractivity contribution is 6.02. The third-order valence-electron chi connectivity index (χ3n) is 5.23. The molecule has 174 valence electrons. The van der Waals surface area contributed by atoms with Crippen LogP contribution in [0.5, 0.6) is 0 Å². The Morgan fingerprint density at radius 2 is 0.824 bits per heavy atom. The number of benzene rings is 3. The van der Waals surface area contributed by atoms with Crippen molar-refractivity contribution in [3.63, 3.8) is 0 Å². The van der Waals surface area contributed by atoms with Crippen LogP contribution in [0.25, 0.3) is 0 Å². The molecule has 0 aliphatic rings. The molecule has 0 saturated carbocycles. The van der Waals surface area contributed by atoms with Gasteiger partial charge >= 0.3 is 23.9 Å². The standard InChI is InChI=1S/C24H18O10/c25-19(11-5-7-15(21(27)28)17(9-11)23(31)32)13-3-1-2-4-14(13)20(26)12-6-8-16(22(29)30)18(10-12)24(33)34/h1-10,19-20,25-26H,(H,27,28)(H,29,30)(H,31,32)(H,33,34). The van der Waals surface area contributed by atoms with E-state index in [0.29, 0.717) is 0 Å².